The number of thiophene rings is 1. The van der Waals surface area contributed by atoms with Crippen molar-refractivity contribution in [3.05, 3.63) is 140 Å². The summed E-state index contributed by atoms with van der Waals surface area (Å²) < 4.78 is 15.7. The molecule has 0 spiro atoms. The fourth-order valence-corrected chi connectivity index (χ4v) is 13.1. The molecule has 0 saturated heterocycles. The van der Waals surface area contributed by atoms with E-state index in [0.717, 1.165) is 66.0 Å². The Balaban J connectivity index is 1.23. The second-order valence-electron chi connectivity index (χ2n) is 14.7. The average molecular weight is 728 g/mol. The highest BCUT2D eigenvalue weighted by Crippen LogP contribution is 2.45. The number of nitrogens with zero attached hydrogens (tertiary/aromatic N) is 3. The number of para-hydroxylation sites is 2. The zero-order chi connectivity index (χ0) is 35.7. The predicted octanol–water partition coefficient (Wildman–Crippen LogP) is 11.8. The third-order valence-corrected chi connectivity index (χ3v) is 16.0. The van der Waals surface area contributed by atoms with E-state index in [9.17, 15) is 0 Å². The lowest BCUT2D eigenvalue weighted by Gasteiger charge is -2.19. The Morgan fingerprint density at radius 2 is 1.00 bits per heavy atom. The van der Waals surface area contributed by atoms with E-state index in [1.807, 2.05) is 30.3 Å². The summed E-state index contributed by atoms with van der Waals surface area (Å²) in [5.74, 6) is 1.86. The summed E-state index contributed by atoms with van der Waals surface area (Å²) in [5.41, 5.74) is 8.70. The van der Waals surface area contributed by atoms with Crippen molar-refractivity contribution >= 4 is 93.8 Å². The van der Waals surface area contributed by atoms with Crippen molar-refractivity contribution in [3.8, 4) is 45.3 Å². The molecule has 11 aromatic rings. The van der Waals surface area contributed by atoms with Crippen molar-refractivity contribution in [2.75, 3.05) is 0 Å². The summed E-state index contributed by atoms with van der Waals surface area (Å²) in [5, 5.41) is 9.21. The Labute approximate surface area is 314 Å². The van der Waals surface area contributed by atoms with Crippen LogP contribution in [0.15, 0.2) is 148 Å². The van der Waals surface area contributed by atoms with Crippen LogP contribution < -0.4 is 10.4 Å². The lowest BCUT2D eigenvalue weighted by molar-refractivity contribution is 0.669. The minimum Gasteiger partial charge on any atom is -0.456 e. The molecule has 4 aromatic heterocycles. The van der Waals surface area contributed by atoms with Gasteiger partial charge in [-0.15, -0.1) is 11.3 Å². The summed E-state index contributed by atoms with van der Waals surface area (Å²) >= 11 is 1.80. The van der Waals surface area contributed by atoms with Gasteiger partial charge in [0.2, 0.25) is 0 Å². The average Bonchev–Trinajstić information content (AvgIpc) is 3.96. The molecule has 0 bridgehead atoms. The molecule has 0 atom stereocenters. The number of hydrogen-bond donors (Lipinski definition) is 0. The minimum absolute atomic E-state index is 0.602. The molecule has 5 nitrogen and oxygen atoms in total. The second kappa shape index (κ2) is 10.8. The quantitative estimate of drug-likeness (QED) is 0.170. The van der Waals surface area contributed by atoms with Gasteiger partial charge in [-0.2, -0.15) is 0 Å². The van der Waals surface area contributed by atoms with Gasteiger partial charge in [0.15, 0.2) is 17.5 Å². The van der Waals surface area contributed by atoms with Gasteiger partial charge in [0, 0.05) is 64.0 Å². The first-order chi connectivity index (χ1) is 26.5. The van der Waals surface area contributed by atoms with Crippen molar-refractivity contribution in [3.63, 3.8) is 0 Å². The number of benzene rings is 7. The third-order valence-electron chi connectivity index (χ3n) is 11.4. The smallest absolute Gasteiger partial charge is 0.164 e. The first kappa shape index (κ1) is 30.1. The Kier molecular flexibility index (Phi) is 6.03. The fraction of sp³-hybridized carbons (Fsp3) is 0.0426. The summed E-state index contributed by atoms with van der Waals surface area (Å²) in [6.45, 7) is 4.88. The number of aromatic nitrogens is 3. The van der Waals surface area contributed by atoms with E-state index in [4.69, 9.17) is 23.8 Å². The SMILES string of the molecule is C[Si]1(C)c2ccccc2-c2c1cc(-c1nc(-c3cccc4oc5ccccc5c34)nc(-c3cccc4sc5ccccc5c34)n1)c1c2oc2ccccc21. The molecule has 254 valence electrons. The first-order valence-corrected chi connectivity index (χ1v) is 22.0. The normalized spacial score (nSPS) is 13.5. The van der Waals surface area contributed by atoms with Crippen molar-refractivity contribution in [1.82, 2.24) is 15.0 Å². The summed E-state index contributed by atoms with van der Waals surface area (Å²) in [6.07, 6.45) is 0. The third kappa shape index (κ3) is 4.05. The lowest BCUT2D eigenvalue weighted by Crippen LogP contribution is -2.49. The lowest BCUT2D eigenvalue weighted by atomic mass is 9.98. The number of rotatable bonds is 3. The molecule has 54 heavy (non-hydrogen) atoms. The highest BCUT2D eigenvalue weighted by molar-refractivity contribution is 7.25. The van der Waals surface area contributed by atoms with Crippen molar-refractivity contribution in [2.45, 2.75) is 13.1 Å². The monoisotopic (exact) mass is 727 g/mol. The van der Waals surface area contributed by atoms with Crippen LogP contribution >= 0.6 is 11.3 Å². The second-order valence-corrected chi connectivity index (χ2v) is 20.1. The van der Waals surface area contributed by atoms with E-state index in [2.05, 4.69) is 122 Å². The van der Waals surface area contributed by atoms with E-state index in [1.165, 1.54) is 36.3 Å². The number of hydrogen-bond acceptors (Lipinski definition) is 6. The van der Waals surface area contributed by atoms with Crippen LogP contribution in [-0.2, 0) is 0 Å². The van der Waals surface area contributed by atoms with Gasteiger partial charge in [-0.25, -0.2) is 15.0 Å². The van der Waals surface area contributed by atoms with Crippen molar-refractivity contribution < 1.29 is 8.83 Å². The van der Waals surface area contributed by atoms with Crippen molar-refractivity contribution in [2.24, 2.45) is 0 Å². The van der Waals surface area contributed by atoms with Gasteiger partial charge in [0.25, 0.3) is 0 Å². The molecule has 1 aliphatic rings. The largest absolute Gasteiger partial charge is 0.456 e. The molecule has 1 aliphatic heterocycles. The molecule has 12 rings (SSSR count). The van der Waals surface area contributed by atoms with E-state index in [1.54, 1.807) is 11.3 Å². The van der Waals surface area contributed by atoms with Crippen LogP contribution in [0.25, 0.3) is 109 Å². The topological polar surface area (TPSA) is 65.0 Å². The van der Waals surface area contributed by atoms with Crippen LogP contribution in [0.1, 0.15) is 0 Å². The molecule has 0 fully saturated rings. The van der Waals surface area contributed by atoms with Crippen molar-refractivity contribution in [1.29, 1.82) is 0 Å². The van der Waals surface area contributed by atoms with E-state index < -0.39 is 8.07 Å². The first-order valence-electron chi connectivity index (χ1n) is 18.2. The summed E-state index contributed by atoms with van der Waals surface area (Å²) in [7, 11) is -2.12. The maximum absolute atomic E-state index is 6.87. The molecule has 7 aromatic carbocycles. The predicted molar refractivity (Wildman–Crippen MR) is 226 cm³/mol. The number of fused-ring (bicyclic) bond motifs is 13. The van der Waals surface area contributed by atoms with Crippen LogP contribution in [0.2, 0.25) is 13.1 Å². The molecule has 0 aliphatic carbocycles. The Bertz CT molecular complexity index is 3260. The maximum atomic E-state index is 6.87. The maximum Gasteiger partial charge on any atom is 0.164 e. The van der Waals surface area contributed by atoms with Gasteiger partial charge >= 0.3 is 0 Å². The van der Waals surface area contributed by atoms with Crippen LogP contribution in [-0.4, -0.2) is 23.0 Å². The summed E-state index contributed by atoms with van der Waals surface area (Å²) in [4.78, 5) is 16.3. The zero-order valence-corrected chi connectivity index (χ0v) is 31.2. The molecule has 5 heterocycles. The van der Waals surface area contributed by atoms with E-state index in [0.29, 0.717) is 17.5 Å². The van der Waals surface area contributed by atoms with Crippen LogP contribution in [0.4, 0.5) is 0 Å². The van der Waals surface area contributed by atoms with E-state index in [-0.39, 0.29) is 0 Å². The van der Waals surface area contributed by atoms with Crippen LogP contribution in [0.3, 0.4) is 0 Å². The van der Waals surface area contributed by atoms with Gasteiger partial charge in [-0.05, 0) is 52.3 Å². The minimum atomic E-state index is -2.12. The van der Waals surface area contributed by atoms with Crippen LogP contribution in [0, 0.1) is 0 Å². The Hall–Kier alpha value is -6.41. The van der Waals surface area contributed by atoms with Crippen LogP contribution in [0.5, 0.6) is 0 Å². The molecule has 0 radical (unpaired) electrons. The van der Waals surface area contributed by atoms with Gasteiger partial charge in [0.1, 0.15) is 30.4 Å². The molecule has 7 heteroatoms. The zero-order valence-electron chi connectivity index (χ0n) is 29.3. The fourth-order valence-electron chi connectivity index (χ4n) is 8.89. The summed E-state index contributed by atoms with van der Waals surface area (Å²) in [6, 6.07) is 49.0. The molecule has 0 saturated carbocycles. The molecule has 0 amide bonds. The van der Waals surface area contributed by atoms with Gasteiger partial charge in [-0.1, -0.05) is 116 Å². The molecular formula is C47H29N3O2SSi. The Morgan fingerprint density at radius 1 is 0.444 bits per heavy atom. The number of furan rings is 2. The standard InChI is InChI=1S/C47H29N3O2SSi/c1-54(2)38-24-10-6-16-29(38)43-39(54)25-32(42-27-14-4-8-20-34(27)52-44(42)43)47-49-45(30-17-11-21-35-40(30)26-13-3-7-19-33(26)51-35)48-46(50-47)31-18-12-23-37-41(31)28-15-5-9-22-36(28)53-37/h3-25H,1-2H3. The Morgan fingerprint density at radius 3 is 1.80 bits per heavy atom. The van der Waals surface area contributed by atoms with E-state index >= 15 is 0 Å². The van der Waals surface area contributed by atoms with Gasteiger partial charge < -0.3 is 8.83 Å². The highest BCUT2D eigenvalue weighted by atomic mass is 32.1. The molecular weight excluding hydrogens is 699 g/mol. The van der Waals surface area contributed by atoms with Gasteiger partial charge in [-0.3, -0.25) is 0 Å². The van der Waals surface area contributed by atoms with Gasteiger partial charge in [0.05, 0.1) is 0 Å². The molecule has 0 unspecified atom stereocenters. The molecule has 0 N–H and O–H groups in total. The highest BCUT2D eigenvalue weighted by Gasteiger charge is 2.40.